The van der Waals surface area contributed by atoms with Gasteiger partial charge in [-0.2, -0.15) is 0 Å². The summed E-state index contributed by atoms with van der Waals surface area (Å²) in [6, 6.07) is 0. The molecular weight excluding hydrogens is 260 g/mol. The highest BCUT2D eigenvalue weighted by Gasteiger charge is 2.12. The van der Waals surface area contributed by atoms with Crippen LogP contribution in [0.3, 0.4) is 0 Å². The van der Waals surface area contributed by atoms with Gasteiger partial charge in [0.05, 0.1) is 0 Å². The van der Waals surface area contributed by atoms with E-state index in [-0.39, 0.29) is 0 Å². The van der Waals surface area contributed by atoms with Crippen molar-refractivity contribution >= 4 is 17.9 Å². The number of esters is 2. The molecule has 0 bridgehead atoms. The van der Waals surface area contributed by atoms with Crippen LogP contribution in [-0.4, -0.2) is 23.0 Å². The molecule has 0 aromatic carbocycles. The normalized spacial score (nSPS) is 14.3. The van der Waals surface area contributed by atoms with E-state index in [0.717, 1.165) is 25.0 Å². The van der Waals surface area contributed by atoms with Gasteiger partial charge in [-0.3, -0.25) is 0 Å². The van der Waals surface area contributed by atoms with Crippen LogP contribution in [0.2, 0.25) is 0 Å². The van der Waals surface area contributed by atoms with Gasteiger partial charge < -0.3 is 9.84 Å². The molecule has 0 radical (unpaired) electrons. The quantitative estimate of drug-likeness (QED) is 0.441. The summed E-state index contributed by atoms with van der Waals surface area (Å²) in [5.41, 5.74) is 0.350. The molecule has 1 heterocycles. The number of hydrogen-bond donors (Lipinski definition) is 1. The lowest BCUT2D eigenvalue weighted by Gasteiger charge is -2.13. The van der Waals surface area contributed by atoms with Crippen molar-refractivity contribution in [3.63, 3.8) is 0 Å². The molecule has 0 spiro atoms. The molecule has 0 saturated carbocycles. The summed E-state index contributed by atoms with van der Waals surface area (Å²) in [7, 11) is 0. The van der Waals surface area contributed by atoms with E-state index in [1.807, 2.05) is 0 Å². The van der Waals surface area contributed by atoms with Gasteiger partial charge in [0.25, 0.3) is 0 Å². The Labute approximate surface area is 119 Å². The first kappa shape index (κ1) is 18.1. The molecule has 0 fully saturated rings. The number of unbranched alkanes of at least 4 members (excludes halogenated alkanes) is 1. The Morgan fingerprint density at radius 2 is 1.85 bits per heavy atom. The summed E-state index contributed by atoms with van der Waals surface area (Å²) >= 11 is 0. The van der Waals surface area contributed by atoms with Crippen LogP contribution in [0.25, 0.3) is 0 Å². The van der Waals surface area contributed by atoms with Crippen LogP contribution in [0.4, 0.5) is 0 Å². The maximum absolute atomic E-state index is 10.5. The number of carboxylic acids is 1. The Kier molecular flexibility index (Phi) is 9.00. The predicted octanol–water partition coefficient (Wildman–Crippen LogP) is 2.86. The first-order valence-corrected chi connectivity index (χ1v) is 6.75. The number of aliphatic carboxylic acids is 1. The molecular formula is C15H22O5. The molecule has 5 heteroatoms. The largest absolute Gasteiger partial charge is 0.478 e. The van der Waals surface area contributed by atoms with E-state index in [1.165, 1.54) is 12.8 Å². The molecule has 20 heavy (non-hydrogen) atoms. The van der Waals surface area contributed by atoms with Crippen LogP contribution in [-0.2, 0) is 19.1 Å². The van der Waals surface area contributed by atoms with Crippen molar-refractivity contribution in [3.05, 3.63) is 24.3 Å². The first-order chi connectivity index (χ1) is 9.40. The van der Waals surface area contributed by atoms with Crippen LogP contribution < -0.4 is 0 Å². The molecule has 1 N–H and O–H groups in total. The second-order valence-electron chi connectivity index (χ2n) is 4.60. The molecule has 112 valence electrons. The molecule has 0 saturated heterocycles. The van der Waals surface area contributed by atoms with E-state index in [1.54, 1.807) is 0 Å². The van der Waals surface area contributed by atoms with Crippen molar-refractivity contribution < 1.29 is 24.2 Å². The summed E-state index contributed by atoms with van der Waals surface area (Å²) in [5.74, 6) is -1.51. The summed E-state index contributed by atoms with van der Waals surface area (Å²) in [5, 5.41) is 8.65. The topological polar surface area (TPSA) is 80.7 Å². The first-order valence-electron chi connectivity index (χ1n) is 6.75. The number of rotatable bonds is 7. The van der Waals surface area contributed by atoms with Crippen LogP contribution in [0.1, 0.15) is 46.0 Å². The smallest absolute Gasteiger partial charge is 0.338 e. The Morgan fingerprint density at radius 3 is 2.15 bits per heavy atom. The Hall–Kier alpha value is -1.91. The maximum atomic E-state index is 10.5. The van der Waals surface area contributed by atoms with Crippen LogP contribution in [0.5, 0.6) is 0 Å². The molecule has 1 aliphatic rings. The third-order valence-corrected chi connectivity index (χ3v) is 2.94. The van der Waals surface area contributed by atoms with Gasteiger partial charge in [0.15, 0.2) is 0 Å². The van der Waals surface area contributed by atoms with Crippen LogP contribution >= 0.6 is 0 Å². The fraction of sp³-hybridized carbons (Fsp3) is 0.533. The number of cyclic esters (lactones) is 2. The Morgan fingerprint density at radius 1 is 1.30 bits per heavy atom. The summed E-state index contributed by atoms with van der Waals surface area (Å²) in [4.78, 5) is 30.4. The third-order valence-electron chi connectivity index (χ3n) is 2.94. The number of ether oxygens (including phenoxy) is 1. The lowest BCUT2D eigenvalue weighted by atomic mass is 9.92. The number of carbonyl (C=O) groups is 3. The second-order valence-corrected chi connectivity index (χ2v) is 4.60. The average Bonchev–Trinajstić information content (AvgIpc) is 2.78. The minimum Gasteiger partial charge on any atom is -0.478 e. The van der Waals surface area contributed by atoms with E-state index >= 15 is 0 Å². The van der Waals surface area contributed by atoms with Gasteiger partial charge in [0, 0.05) is 17.7 Å². The zero-order valence-corrected chi connectivity index (χ0v) is 12.1. The van der Waals surface area contributed by atoms with Crippen LogP contribution in [0, 0.1) is 5.92 Å². The van der Waals surface area contributed by atoms with E-state index in [0.29, 0.717) is 17.9 Å². The van der Waals surface area contributed by atoms with Crippen molar-refractivity contribution in [3.8, 4) is 0 Å². The van der Waals surface area contributed by atoms with Gasteiger partial charge in [0.2, 0.25) is 0 Å². The molecule has 1 rings (SSSR count). The standard InChI is InChI=1S/C11H20O2.C4H2O3/c1-4-6-7-10(5-2)8-9(3)11(12)13;5-3-1-2-4(6)7-3/h10H,3-8H2,1-2H3,(H,12,13);1-2H. The van der Waals surface area contributed by atoms with Crippen molar-refractivity contribution in [1.82, 2.24) is 0 Å². The molecule has 1 aliphatic heterocycles. The van der Waals surface area contributed by atoms with Crippen molar-refractivity contribution in [1.29, 1.82) is 0 Å². The fourth-order valence-electron chi connectivity index (χ4n) is 1.68. The minimum atomic E-state index is -0.852. The Balaban J connectivity index is 0.000000428. The second kappa shape index (κ2) is 9.95. The highest BCUT2D eigenvalue weighted by Crippen LogP contribution is 2.20. The van der Waals surface area contributed by atoms with Gasteiger partial charge in [0.1, 0.15) is 0 Å². The molecule has 0 amide bonds. The van der Waals surface area contributed by atoms with Gasteiger partial charge in [-0.05, 0) is 12.3 Å². The van der Waals surface area contributed by atoms with Gasteiger partial charge >= 0.3 is 17.9 Å². The average molecular weight is 282 g/mol. The van der Waals surface area contributed by atoms with Crippen molar-refractivity contribution in [2.45, 2.75) is 46.0 Å². The summed E-state index contributed by atoms with van der Waals surface area (Å²) < 4.78 is 3.97. The molecule has 0 aromatic heterocycles. The lowest BCUT2D eigenvalue weighted by Crippen LogP contribution is -2.06. The molecule has 1 atom stereocenters. The summed E-state index contributed by atoms with van der Waals surface area (Å²) in [6.45, 7) is 7.81. The predicted molar refractivity (Wildman–Crippen MR) is 74.9 cm³/mol. The molecule has 0 aromatic rings. The van der Waals surface area contributed by atoms with Gasteiger partial charge in [-0.1, -0.05) is 46.1 Å². The van der Waals surface area contributed by atoms with E-state index in [9.17, 15) is 14.4 Å². The SMILES string of the molecule is C=C(CC(CC)CCCC)C(=O)O.O=C1C=CC(=O)O1. The summed E-state index contributed by atoms with van der Waals surface area (Å²) in [6.07, 6.45) is 7.35. The molecule has 5 nitrogen and oxygen atoms in total. The number of carboxylic acid groups (broad SMARTS) is 1. The zero-order chi connectivity index (χ0) is 15.5. The zero-order valence-electron chi connectivity index (χ0n) is 12.1. The van der Waals surface area contributed by atoms with Gasteiger partial charge in [-0.15, -0.1) is 0 Å². The highest BCUT2D eigenvalue weighted by atomic mass is 16.6. The van der Waals surface area contributed by atoms with Crippen molar-refractivity contribution in [2.24, 2.45) is 5.92 Å². The van der Waals surface area contributed by atoms with E-state index < -0.39 is 17.9 Å². The fourth-order valence-corrected chi connectivity index (χ4v) is 1.68. The molecule has 0 aliphatic carbocycles. The highest BCUT2D eigenvalue weighted by molar-refractivity contribution is 6.04. The van der Waals surface area contributed by atoms with Gasteiger partial charge in [-0.25, -0.2) is 14.4 Å². The van der Waals surface area contributed by atoms with Crippen molar-refractivity contribution in [2.75, 3.05) is 0 Å². The number of hydrogen-bond acceptors (Lipinski definition) is 4. The minimum absolute atomic E-state index is 0.350. The van der Waals surface area contributed by atoms with E-state index in [4.69, 9.17) is 5.11 Å². The maximum Gasteiger partial charge on any atom is 0.338 e. The lowest BCUT2D eigenvalue weighted by molar-refractivity contribution is -0.150. The van der Waals surface area contributed by atoms with Crippen LogP contribution in [0.15, 0.2) is 24.3 Å². The monoisotopic (exact) mass is 282 g/mol. The third kappa shape index (κ3) is 8.24. The van der Waals surface area contributed by atoms with E-state index in [2.05, 4.69) is 25.2 Å². The molecule has 1 unspecified atom stereocenters. The number of carbonyl (C=O) groups excluding carboxylic acids is 2. The Bertz CT molecular complexity index is 379.